The van der Waals surface area contributed by atoms with Crippen molar-refractivity contribution >= 4 is 22.5 Å². The number of para-hydroxylation sites is 1. The summed E-state index contributed by atoms with van der Waals surface area (Å²) in [5, 5.41) is 1.06. The first-order valence-corrected chi connectivity index (χ1v) is 10.8. The number of ether oxygens (including phenoxy) is 1. The van der Waals surface area contributed by atoms with E-state index in [0.29, 0.717) is 13.0 Å². The zero-order chi connectivity index (χ0) is 20.4. The van der Waals surface area contributed by atoms with Crippen molar-refractivity contribution in [2.45, 2.75) is 51.2 Å². The number of piperidine rings is 1. The SMILES string of the molecule is C[C@@H]1CN(CCC(=O)N2CCC[C@H](c3nc4ccccc4cc3N)C2)C[C@H](C)O1. The summed E-state index contributed by atoms with van der Waals surface area (Å²) >= 11 is 0. The van der Waals surface area contributed by atoms with Gasteiger partial charge in [-0.25, -0.2) is 0 Å². The van der Waals surface area contributed by atoms with Crippen LogP contribution in [0.1, 0.15) is 44.7 Å². The van der Waals surface area contributed by atoms with Gasteiger partial charge < -0.3 is 15.4 Å². The van der Waals surface area contributed by atoms with Crippen LogP contribution < -0.4 is 5.73 Å². The number of carbonyl (C=O) groups excluding carboxylic acids is 1. The quantitative estimate of drug-likeness (QED) is 0.860. The first-order chi connectivity index (χ1) is 14.0. The summed E-state index contributed by atoms with van der Waals surface area (Å²) in [6.07, 6.45) is 3.05. The molecule has 29 heavy (non-hydrogen) atoms. The largest absolute Gasteiger partial charge is 0.397 e. The molecule has 2 saturated heterocycles. The maximum atomic E-state index is 12.9. The Kier molecular flexibility index (Phi) is 6.01. The van der Waals surface area contributed by atoms with Crippen molar-refractivity contribution in [1.29, 1.82) is 0 Å². The number of morpholine rings is 1. The van der Waals surface area contributed by atoms with E-state index in [-0.39, 0.29) is 24.0 Å². The second-order valence-corrected chi connectivity index (χ2v) is 8.60. The Balaban J connectivity index is 1.39. The van der Waals surface area contributed by atoms with Gasteiger partial charge in [-0.3, -0.25) is 14.7 Å². The minimum atomic E-state index is 0.209. The highest BCUT2D eigenvalue weighted by molar-refractivity contribution is 5.82. The Morgan fingerprint density at radius 2 is 1.97 bits per heavy atom. The average molecular weight is 397 g/mol. The van der Waals surface area contributed by atoms with Crippen LogP contribution in [0.4, 0.5) is 5.69 Å². The van der Waals surface area contributed by atoms with Crippen molar-refractivity contribution in [2.75, 3.05) is 38.5 Å². The molecule has 1 aromatic carbocycles. The molecular formula is C23H32N4O2. The minimum absolute atomic E-state index is 0.209. The number of pyridine rings is 1. The van der Waals surface area contributed by atoms with Crippen LogP contribution in [-0.4, -0.2) is 65.6 Å². The van der Waals surface area contributed by atoms with Crippen LogP contribution in [0.3, 0.4) is 0 Å². The number of hydrogen-bond acceptors (Lipinski definition) is 5. The lowest BCUT2D eigenvalue weighted by molar-refractivity contribution is -0.133. The van der Waals surface area contributed by atoms with Crippen LogP contribution in [0.5, 0.6) is 0 Å². The van der Waals surface area contributed by atoms with Gasteiger partial charge in [-0.05, 0) is 38.8 Å². The molecule has 0 bridgehead atoms. The number of amides is 1. The Labute approximate surface area is 173 Å². The number of nitrogens with zero attached hydrogens (tertiary/aromatic N) is 3. The van der Waals surface area contributed by atoms with Gasteiger partial charge >= 0.3 is 0 Å². The summed E-state index contributed by atoms with van der Waals surface area (Å²) in [4.78, 5) is 22.1. The monoisotopic (exact) mass is 396 g/mol. The number of carbonyl (C=O) groups is 1. The number of nitrogens with two attached hydrogens (primary N) is 1. The minimum Gasteiger partial charge on any atom is -0.397 e. The number of rotatable bonds is 4. The molecule has 2 fully saturated rings. The van der Waals surface area contributed by atoms with Gasteiger partial charge in [0.1, 0.15) is 0 Å². The van der Waals surface area contributed by atoms with Crippen molar-refractivity contribution in [2.24, 2.45) is 0 Å². The first kappa shape index (κ1) is 20.1. The van der Waals surface area contributed by atoms with E-state index in [1.54, 1.807) is 0 Å². The van der Waals surface area contributed by atoms with E-state index < -0.39 is 0 Å². The van der Waals surface area contributed by atoms with E-state index >= 15 is 0 Å². The van der Waals surface area contributed by atoms with E-state index in [4.69, 9.17) is 15.5 Å². The Hall–Kier alpha value is -2.18. The fourth-order valence-electron chi connectivity index (χ4n) is 4.78. The summed E-state index contributed by atoms with van der Waals surface area (Å²) in [5.41, 5.74) is 8.98. The van der Waals surface area contributed by atoms with E-state index in [1.165, 1.54) is 0 Å². The van der Waals surface area contributed by atoms with Crippen LogP contribution in [-0.2, 0) is 9.53 Å². The molecule has 2 aromatic rings. The highest BCUT2D eigenvalue weighted by atomic mass is 16.5. The van der Waals surface area contributed by atoms with Gasteiger partial charge in [-0.15, -0.1) is 0 Å². The number of anilines is 1. The molecular weight excluding hydrogens is 364 g/mol. The van der Waals surface area contributed by atoms with E-state index in [0.717, 1.165) is 61.3 Å². The highest BCUT2D eigenvalue weighted by Crippen LogP contribution is 2.31. The smallest absolute Gasteiger partial charge is 0.223 e. The molecule has 0 saturated carbocycles. The molecule has 2 N–H and O–H groups in total. The van der Waals surface area contributed by atoms with Gasteiger partial charge in [0.05, 0.1) is 29.1 Å². The molecule has 0 aliphatic carbocycles. The predicted octanol–water partition coefficient (Wildman–Crippen LogP) is 3.02. The average Bonchev–Trinajstić information content (AvgIpc) is 2.71. The van der Waals surface area contributed by atoms with Crippen LogP contribution in [0.15, 0.2) is 30.3 Å². The van der Waals surface area contributed by atoms with Crippen molar-refractivity contribution in [1.82, 2.24) is 14.8 Å². The van der Waals surface area contributed by atoms with Crippen molar-refractivity contribution < 1.29 is 9.53 Å². The highest BCUT2D eigenvalue weighted by Gasteiger charge is 2.28. The zero-order valence-corrected chi connectivity index (χ0v) is 17.5. The van der Waals surface area contributed by atoms with Gasteiger partial charge in [-0.2, -0.15) is 0 Å². The van der Waals surface area contributed by atoms with Crippen molar-refractivity contribution in [3.63, 3.8) is 0 Å². The van der Waals surface area contributed by atoms with Gasteiger partial charge in [0.2, 0.25) is 5.91 Å². The lowest BCUT2D eigenvalue weighted by Gasteiger charge is -2.36. The normalized spacial score (nSPS) is 26.0. The summed E-state index contributed by atoms with van der Waals surface area (Å²) in [6.45, 7) is 8.34. The molecule has 6 nitrogen and oxygen atoms in total. The van der Waals surface area contributed by atoms with Gasteiger partial charge in [0.15, 0.2) is 0 Å². The topological polar surface area (TPSA) is 71.7 Å². The van der Waals surface area contributed by atoms with Gasteiger partial charge in [-0.1, -0.05) is 18.2 Å². The molecule has 2 aliphatic rings. The maximum absolute atomic E-state index is 12.9. The van der Waals surface area contributed by atoms with Crippen LogP contribution in [0, 0.1) is 0 Å². The molecule has 2 aliphatic heterocycles. The Morgan fingerprint density at radius 3 is 2.76 bits per heavy atom. The lowest BCUT2D eigenvalue weighted by atomic mass is 9.92. The van der Waals surface area contributed by atoms with E-state index in [9.17, 15) is 4.79 Å². The zero-order valence-electron chi connectivity index (χ0n) is 17.5. The van der Waals surface area contributed by atoms with E-state index in [2.05, 4.69) is 18.7 Å². The summed E-state index contributed by atoms with van der Waals surface area (Å²) in [5.74, 6) is 0.446. The van der Waals surface area contributed by atoms with Crippen molar-refractivity contribution in [3.05, 3.63) is 36.0 Å². The van der Waals surface area contributed by atoms with E-state index in [1.807, 2.05) is 35.2 Å². The molecule has 0 unspecified atom stereocenters. The molecule has 1 amide bonds. The Morgan fingerprint density at radius 1 is 1.21 bits per heavy atom. The standard InChI is InChI=1S/C23H32N4O2/c1-16-13-26(14-17(2)29-16)11-9-22(28)27-10-5-7-19(15-27)23-20(24)12-18-6-3-4-8-21(18)25-23/h3-4,6,8,12,16-17,19H,5,7,9-11,13-15,24H2,1-2H3/t16-,17+,19-/m0/s1. The molecule has 156 valence electrons. The third-order valence-corrected chi connectivity index (χ3v) is 6.08. The third-order valence-electron chi connectivity index (χ3n) is 6.08. The second-order valence-electron chi connectivity index (χ2n) is 8.60. The molecule has 3 atom stereocenters. The summed E-state index contributed by atoms with van der Waals surface area (Å²) in [7, 11) is 0. The number of benzene rings is 1. The van der Waals surface area contributed by atoms with Crippen LogP contribution in [0.25, 0.3) is 10.9 Å². The number of likely N-dealkylation sites (tertiary alicyclic amines) is 1. The number of hydrogen-bond donors (Lipinski definition) is 1. The predicted molar refractivity (Wildman–Crippen MR) is 116 cm³/mol. The molecule has 6 heteroatoms. The summed E-state index contributed by atoms with van der Waals surface area (Å²) < 4.78 is 5.79. The second kappa shape index (κ2) is 8.67. The van der Waals surface area contributed by atoms with Gasteiger partial charge in [0, 0.05) is 50.4 Å². The molecule has 4 rings (SSSR count). The van der Waals surface area contributed by atoms with Crippen LogP contribution >= 0.6 is 0 Å². The number of nitrogen functional groups attached to an aromatic ring is 1. The molecule has 1 aromatic heterocycles. The van der Waals surface area contributed by atoms with Crippen LogP contribution in [0.2, 0.25) is 0 Å². The molecule has 0 radical (unpaired) electrons. The number of aromatic nitrogens is 1. The van der Waals surface area contributed by atoms with Gasteiger partial charge in [0.25, 0.3) is 0 Å². The first-order valence-electron chi connectivity index (χ1n) is 10.8. The fourth-order valence-corrected chi connectivity index (χ4v) is 4.78. The Bertz CT molecular complexity index is 861. The molecule has 3 heterocycles. The fraction of sp³-hybridized carbons (Fsp3) is 0.565. The van der Waals surface area contributed by atoms with Crippen molar-refractivity contribution in [3.8, 4) is 0 Å². The number of fused-ring (bicyclic) bond motifs is 1. The molecule has 0 spiro atoms. The third kappa shape index (κ3) is 4.70. The summed E-state index contributed by atoms with van der Waals surface area (Å²) in [6, 6.07) is 10.1. The maximum Gasteiger partial charge on any atom is 0.223 e. The lowest BCUT2D eigenvalue weighted by Crippen LogP contribution is -2.47.